The van der Waals surface area contributed by atoms with Gasteiger partial charge in [0.1, 0.15) is 0 Å². The van der Waals surface area contributed by atoms with Crippen LogP contribution in [0.1, 0.15) is 33.6 Å². The Kier molecular flexibility index (Phi) is 5.73. The Balaban J connectivity index is 2.26. The van der Waals surface area contributed by atoms with Crippen molar-refractivity contribution in [2.75, 3.05) is 39.3 Å². The van der Waals surface area contributed by atoms with Crippen LogP contribution < -0.4 is 5.32 Å². The van der Waals surface area contributed by atoms with Crippen LogP contribution >= 0.6 is 0 Å². The second-order valence-electron chi connectivity index (χ2n) is 5.85. The lowest BCUT2D eigenvalue weighted by Crippen LogP contribution is -2.44. The van der Waals surface area contributed by atoms with Gasteiger partial charge in [-0.1, -0.05) is 20.8 Å². The van der Waals surface area contributed by atoms with Gasteiger partial charge in [-0.2, -0.15) is 0 Å². The van der Waals surface area contributed by atoms with Gasteiger partial charge in [0.05, 0.1) is 0 Å². The number of likely N-dealkylation sites (tertiary alicyclic amines) is 1. The second kappa shape index (κ2) is 6.58. The number of nitrogens with zero attached hydrogens (tertiary/aromatic N) is 1. The third kappa shape index (κ3) is 4.81. The molecule has 1 aliphatic rings. The van der Waals surface area contributed by atoms with E-state index in [-0.39, 0.29) is 0 Å². The molecule has 0 aliphatic carbocycles. The number of hydrogen-bond donors (Lipinski definition) is 2. The van der Waals surface area contributed by atoms with E-state index in [0.29, 0.717) is 17.9 Å². The van der Waals surface area contributed by atoms with Gasteiger partial charge in [-0.15, -0.1) is 0 Å². The van der Waals surface area contributed by atoms with E-state index in [9.17, 15) is 0 Å². The summed E-state index contributed by atoms with van der Waals surface area (Å²) in [6, 6.07) is 0. The van der Waals surface area contributed by atoms with Gasteiger partial charge >= 0.3 is 0 Å². The number of hydrogen-bond acceptors (Lipinski definition) is 3. The number of piperidine rings is 1. The summed E-state index contributed by atoms with van der Waals surface area (Å²) < 4.78 is 0. The van der Waals surface area contributed by atoms with E-state index in [0.717, 1.165) is 45.6 Å². The summed E-state index contributed by atoms with van der Waals surface area (Å²) in [6.45, 7) is 12.8. The van der Waals surface area contributed by atoms with E-state index in [1.54, 1.807) is 0 Å². The molecule has 0 saturated carbocycles. The molecule has 0 spiro atoms. The summed E-state index contributed by atoms with van der Waals surface area (Å²) >= 11 is 0. The van der Waals surface area contributed by atoms with Crippen molar-refractivity contribution in [2.45, 2.75) is 33.6 Å². The third-order valence-electron chi connectivity index (χ3n) is 3.47. The lowest BCUT2D eigenvalue weighted by molar-refractivity contribution is 0.100. The maximum Gasteiger partial charge on any atom is 0.0460 e. The molecule has 96 valence electrons. The molecule has 0 aromatic heterocycles. The fourth-order valence-corrected chi connectivity index (χ4v) is 2.45. The Morgan fingerprint density at radius 1 is 1.31 bits per heavy atom. The van der Waals surface area contributed by atoms with Crippen LogP contribution in [0.5, 0.6) is 0 Å². The standard InChI is InChI=1S/C13H28N2O/c1-4-14-10-13(2,3)11-15-7-5-12(9-16)6-8-15/h12,14,16H,4-11H2,1-3H3. The highest BCUT2D eigenvalue weighted by molar-refractivity contribution is 4.79. The molecule has 0 unspecified atom stereocenters. The summed E-state index contributed by atoms with van der Waals surface area (Å²) in [4.78, 5) is 2.55. The first-order valence-electron chi connectivity index (χ1n) is 6.61. The highest BCUT2D eigenvalue weighted by Crippen LogP contribution is 2.21. The predicted octanol–water partition coefficient (Wildman–Crippen LogP) is 1.33. The summed E-state index contributed by atoms with van der Waals surface area (Å²) in [5.74, 6) is 0.549. The lowest BCUT2D eigenvalue weighted by atomic mass is 9.90. The molecule has 0 aromatic carbocycles. The topological polar surface area (TPSA) is 35.5 Å². The van der Waals surface area contributed by atoms with Crippen molar-refractivity contribution < 1.29 is 5.11 Å². The fourth-order valence-electron chi connectivity index (χ4n) is 2.45. The zero-order valence-corrected chi connectivity index (χ0v) is 11.1. The normalized spacial score (nSPS) is 20.2. The minimum absolute atomic E-state index is 0.349. The van der Waals surface area contributed by atoms with E-state index in [4.69, 9.17) is 5.11 Å². The van der Waals surface area contributed by atoms with Crippen LogP contribution in [0.3, 0.4) is 0 Å². The zero-order valence-electron chi connectivity index (χ0n) is 11.1. The number of nitrogens with one attached hydrogen (secondary N) is 1. The van der Waals surface area contributed by atoms with Gasteiger partial charge in [-0.25, -0.2) is 0 Å². The minimum Gasteiger partial charge on any atom is -0.396 e. The van der Waals surface area contributed by atoms with Gasteiger partial charge in [0.2, 0.25) is 0 Å². The van der Waals surface area contributed by atoms with Gasteiger partial charge in [0.25, 0.3) is 0 Å². The monoisotopic (exact) mass is 228 g/mol. The van der Waals surface area contributed by atoms with E-state index >= 15 is 0 Å². The molecule has 1 saturated heterocycles. The molecule has 2 N–H and O–H groups in total. The molecule has 3 heteroatoms. The lowest BCUT2D eigenvalue weighted by Gasteiger charge is -2.37. The van der Waals surface area contributed by atoms with Crippen LogP contribution in [-0.4, -0.2) is 49.3 Å². The number of aliphatic hydroxyl groups excluding tert-OH is 1. The first-order valence-corrected chi connectivity index (χ1v) is 6.61. The molecule has 3 nitrogen and oxygen atoms in total. The Hall–Kier alpha value is -0.120. The van der Waals surface area contributed by atoms with Crippen molar-refractivity contribution in [3.63, 3.8) is 0 Å². The van der Waals surface area contributed by atoms with Gasteiger partial charge < -0.3 is 15.3 Å². The SMILES string of the molecule is CCNCC(C)(C)CN1CCC(CO)CC1. The molecule has 1 fully saturated rings. The molecule has 0 radical (unpaired) electrons. The van der Waals surface area contributed by atoms with Crippen LogP contribution in [0, 0.1) is 11.3 Å². The van der Waals surface area contributed by atoms with E-state index in [1.165, 1.54) is 0 Å². The maximum atomic E-state index is 9.10. The van der Waals surface area contributed by atoms with Crippen LogP contribution in [0.4, 0.5) is 0 Å². The average molecular weight is 228 g/mol. The van der Waals surface area contributed by atoms with Gasteiger partial charge in [-0.05, 0) is 43.8 Å². The van der Waals surface area contributed by atoms with Crippen LogP contribution in [0.15, 0.2) is 0 Å². The van der Waals surface area contributed by atoms with Crippen molar-refractivity contribution in [1.82, 2.24) is 10.2 Å². The van der Waals surface area contributed by atoms with Crippen LogP contribution in [0.25, 0.3) is 0 Å². The Morgan fingerprint density at radius 3 is 2.44 bits per heavy atom. The summed E-state index contributed by atoms with van der Waals surface area (Å²) in [5, 5.41) is 12.5. The van der Waals surface area contributed by atoms with Crippen molar-refractivity contribution in [1.29, 1.82) is 0 Å². The third-order valence-corrected chi connectivity index (χ3v) is 3.47. The van der Waals surface area contributed by atoms with Crippen LogP contribution in [0.2, 0.25) is 0 Å². The molecule has 16 heavy (non-hydrogen) atoms. The first kappa shape index (κ1) is 13.9. The van der Waals surface area contributed by atoms with Crippen molar-refractivity contribution >= 4 is 0 Å². The number of aliphatic hydroxyl groups is 1. The average Bonchev–Trinajstić information content (AvgIpc) is 2.27. The Labute approximate surface area is 100 Å². The smallest absolute Gasteiger partial charge is 0.0460 e. The molecular weight excluding hydrogens is 200 g/mol. The number of rotatable bonds is 6. The molecule has 1 rings (SSSR count). The highest BCUT2D eigenvalue weighted by atomic mass is 16.3. The quantitative estimate of drug-likeness (QED) is 0.720. The summed E-state index contributed by atoms with van der Waals surface area (Å²) in [7, 11) is 0. The largest absolute Gasteiger partial charge is 0.396 e. The van der Waals surface area contributed by atoms with Gasteiger partial charge in [0, 0.05) is 19.7 Å². The molecule has 0 amide bonds. The predicted molar refractivity (Wildman–Crippen MR) is 68.6 cm³/mol. The molecule has 0 bridgehead atoms. The van der Waals surface area contributed by atoms with E-state index < -0.39 is 0 Å². The highest BCUT2D eigenvalue weighted by Gasteiger charge is 2.24. The fraction of sp³-hybridized carbons (Fsp3) is 1.00. The summed E-state index contributed by atoms with van der Waals surface area (Å²) in [6.07, 6.45) is 2.32. The minimum atomic E-state index is 0.349. The van der Waals surface area contributed by atoms with Crippen LogP contribution in [-0.2, 0) is 0 Å². The van der Waals surface area contributed by atoms with Crippen molar-refractivity contribution in [3.05, 3.63) is 0 Å². The first-order chi connectivity index (χ1) is 7.57. The van der Waals surface area contributed by atoms with Crippen molar-refractivity contribution in [3.8, 4) is 0 Å². The Bertz CT molecular complexity index is 186. The molecular formula is C13H28N2O. The summed E-state index contributed by atoms with van der Waals surface area (Å²) in [5.41, 5.74) is 0.349. The van der Waals surface area contributed by atoms with E-state index in [2.05, 4.69) is 31.0 Å². The Morgan fingerprint density at radius 2 is 1.94 bits per heavy atom. The molecule has 0 aromatic rings. The van der Waals surface area contributed by atoms with E-state index in [1.807, 2.05) is 0 Å². The second-order valence-corrected chi connectivity index (χ2v) is 5.85. The molecule has 0 atom stereocenters. The van der Waals surface area contributed by atoms with Gasteiger partial charge in [0.15, 0.2) is 0 Å². The maximum absolute atomic E-state index is 9.10. The molecule has 1 aliphatic heterocycles. The zero-order chi connectivity index (χ0) is 12.0. The van der Waals surface area contributed by atoms with Gasteiger partial charge in [-0.3, -0.25) is 0 Å². The van der Waals surface area contributed by atoms with Crippen molar-refractivity contribution in [2.24, 2.45) is 11.3 Å². The molecule has 1 heterocycles.